The second-order valence-electron chi connectivity index (χ2n) is 11.4. The van der Waals surface area contributed by atoms with Crippen LogP contribution in [0.3, 0.4) is 0 Å². The van der Waals surface area contributed by atoms with Crippen LogP contribution in [0.15, 0.2) is 35.5 Å². The fraction of sp³-hybridized carbons (Fsp3) is 0.500. The fourth-order valence-corrected chi connectivity index (χ4v) is 5.72. The first-order valence-corrected chi connectivity index (χ1v) is 16.0. The van der Waals surface area contributed by atoms with Crippen molar-refractivity contribution in [2.45, 2.75) is 71.4 Å². The summed E-state index contributed by atoms with van der Waals surface area (Å²) in [5, 5.41) is 14.2. The van der Waals surface area contributed by atoms with E-state index in [2.05, 4.69) is 39.0 Å². The molecule has 0 bridgehead atoms. The largest absolute Gasteiger partial charge is 0.493 e. The van der Waals surface area contributed by atoms with Crippen molar-refractivity contribution in [1.82, 2.24) is 0 Å². The van der Waals surface area contributed by atoms with Gasteiger partial charge in [-0.15, -0.1) is 0 Å². The number of benzene rings is 2. The van der Waals surface area contributed by atoms with Gasteiger partial charge in [0.05, 0.1) is 40.6 Å². The van der Waals surface area contributed by atoms with Gasteiger partial charge in [0.25, 0.3) is 0 Å². The lowest BCUT2D eigenvalue weighted by Crippen LogP contribution is -2.45. The highest BCUT2D eigenvalue weighted by Gasteiger charge is 2.44. The molecule has 8 nitrogen and oxygen atoms in total. The Bertz CT molecular complexity index is 1220. The van der Waals surface area contributed by atoms with Gasteiger partial charge < -0.3 is 33.3 Å². The Kier molecular flexibility index (Phi) is 9.28. The van der Waals surface area contributed by atoms with Gasteiger partial charge in [0.15, 0.2) is 31.3 Å². The van der Waals surface area contributed by atoms with Gasteiger partial charge in [0, 0.05) is 12.0 Å². The molecule has 39 heavy (non-hydrogen) atoms. The summed E-state index contributed by atoms with van der Waals surface area (Å²) in [6.07, 6.45) is 0.0489. The minimum atomic E-state index is -2.22. The van der Waals surface area contributed by atoms with Crippen LogP contribution in [0.2, 0.25) is 18.1 Å². The van der Waals surface area contributed by atoms with Crippen molar-refractivity contribution in [3.05, 3.63) is 41.5 Å². The number of rotatable bonds is 10. The molecule has 0 saturated heterocycles. The van der Waals surface area contributed by atoms with Crippen molar-refractivity contribution >= 4 is 25.2 Å². The van der Waals surface area contributed by atoms with Crippen LogP contribution in [0.5, 0.6) is 28.7 Å². The van der Waals surface area contributed by atoms with E-state index in [0.29, 0.717) is 40.9 Å². The SMILES string of the molecule is COc1ccc(C2=C(c3cc(OC)c(OC)c(OC)c3)/C(=N/O)C(O[Si](C)(C)C(C)(C)C)C2)cc1OC(C)C. The summed E-state index contributed by atoms with van der Waals surface area (Å²) in [6, 6.07) is 9.58. The van der Waals surface area contributed by atoms with Gasteiger partial charge in [-0.3, -0.25) is 0 Å². The molecule has 2 aromatic rings. The van der Waals surface area contributed by atoms with E-state index in [1.807, 2.05) is 44.2 Å². The first-order chi connectivity index (χ1) is 18.3. The summed E-state index contributed by atoms with van der Waals surface area (Å²) in [5.41, 5.74) is 3.85. The summed E-state index contributed by atoms with van der Waals surface area (Å²) >= 11 is 0. The summed E-state index contributed by atoms with van der Waals surface area (Å²) in [4.78, 5) is 0. The molecule has 1 N–H and O–H groups in total. The van der Waals surface area contributed by atoms with Gasteiger partial charge in [-0.25, -0.2) is 0 Å². The third-order valence-corrected chi connectivity index (χ3v) is 11.9. The second-order valence-corrected chi connectivity index (χ2v) is 16.1. The first-order valence-electron chi connectivity index (χ1n) is 13.1. The zero-order chi connectivity index (χ0) is 29.1. The van der Waals surface area contributed by atoms with E-state index < -0.39 is 14.4 Å². The van der Waals surface area contributed by atoms with Crippen molar-refractivity contribution in [2.75, 3.05) is 28.4 Å². The third-order valence-electron chi connectivity index (χ3n) is 7.43. The average Bonchev–Trinajstić information content (AvgIpc) is 3.23. The van der Waals surface area contributed by atoms with Crippen molar-refractivity contribution < 1.29 is 33.3 Å². The van der Waals surface area contributed by atoms with Crippen LogP contribution in [0.4, 0.5) is 0 Å². The molecule has 0 heterocycles. The molecule has 0 aromatic heterocycles. The first kappa shape index (κ1) is 30.4. The molecular formula is C30H43NO7Si. The zero-order valence-corrected chi connectivity index (χ0v) is 26.1. The monoisotopic (exact) mass is 557 g/mol. The average molecular weight is 558 g/mol. The maximum Gasteiger partial charge on any atom is 0.203 e. The number of hydrogen-bond donors (Lipinski definition) is 1. The van der Waals surface area contributed by atoms with Crippen LogP contribution in [-0.2, 0) is 4.43 Å². The predicted molar refractivity (Wildman–Crippen MR) is 158 cm³/mol. The molecule has 0 saturated carbocycles. The van der Waals surface area contributed by atoms with E-state index in [1.165, 1.54) is 0 Å². The maximum atomic E-state index is 10.4. The lowest BCUT2D eigenvalue weighted by molar-refractivity contribution is 0.230. The molecule has 0 fully saturated rings. The number of hydrogen-bond acceptors (Lipinski definition) is 8. The van der Waals surface area contributed by atoms with Gasteiger partial charge in [0.1, 0.15) is 5.71 Å². The van der Waals surface area contributed by atoms with Gasteiger partial charge in [0.2, 0.25) is 5.75 Å². The highest BCUT2D eigenvalue weighted by atomic mass is 28.4. The second kappa shape index (κ2) is 11.9. The normalized spacial score (nSPS) is 17.1. The summed E-state index contributed by atoms with van der Waals surface area (Å²) in [6.45, 7) is 14.9. The van der Waals surface area contributed by atoms with Crippen LogP contribution < -0.4 is 23.7 Å². The molecule has 1 atom stereocenters. The molecule has 0 amide bonds. The van der Waals surface area contributed by atoms with Gasteiger partial charge in [-0.05, 0) is 72.9 Å². The van der Waals surface area contributed by atoms with Gasteiger partial charge in [-0.1, -0.05) is 32.0 Å². The summed E-state index contributed by atoms with van der Waals surface area (Å²) in [5.74, 6) is 2.77. The standard InChI is InChI=1S/C30H43NO7Si/c1-18(2)37-23-14-19(12-13-22(23)33-6)21-17-24(38-39(10,11)30(3,4)5)28(31-32)27(21)20-15-25(34-7)29(36-9)26(16-20)35-8/h12-16,18,24,32H,17H2,1-11H3/b31-28+. The Labute approximate surface area is 233 Å². The molecule has 214 valence electrons. The molecule has 1 unspecified atom stereocenters. The molecule has 0 radical (unpaired) electrons. The lowest BCUT2D eigenvalue weighted by atomic mass is 9.95. The molecule has 1 aliphatic rings. The van der Waals surface area contributed by atoms with Crippen molar-refractivity contribution in [3.63, 3.8) is 0 Å². The van der Waals surface area contributed by atoms with E-state index in [4.69, 9.17) is 28.1 Å². The Morgan fingerprint density at radius 2 is 1.41 bits per heavy atom. The van der Waals surface area contributed by atoms with Crippen molar-refractivity contribution in [3.8, 4) is 28.7 Å². The number of oxime groups is 1. The third kappa shape index (κ3) is 6.20. The predicted octanol–water partition coefficient (Wildman–Crippen LogP) is 7.04. The Balaban J connectivity index is 2.29. The number of methoxy groups -OCH3 is 4. The number of ether oxygens (including phenoxy) is 5. The molecule has 3 rings (SSSR count). The van der Waals surface area contributed by atoms with E-state index in [0.717, 1.165) is 22.3 Å². The van der Waals surface area contributed by atoms with Gasteiger partial charge in [-0.2, -0.15) is 0 Å². The highest BCUT2D eigenvalue weighted by molar-refractivity contribution is 6.74. The van der Waals surface area contributed by atoms with E-state index in [-0.39, 0.29) is 11.1 Å². The van der Waals surface area contributed by atoms with E-state index in [1.54, 1.807) is 28.4 Å². The van der Waals surface area contributed by atoms with Crippen LogP contribution in [-0.4, -0.2) is 59.9 Å². The molecule has 9 heteroatoms. The van der Waals surface area contributed by atoms with Crippen LogP contribution in [0.25, 0.3) is 11.1 Å². The summed E-state index contributed by atoms with van der Waals surface area (Å²) < 4.78 is 35.3. The number of nitrogens with zero attached hydrogens (tertiary/aromatic N) is 1. The maximum absolute atomic E-state index is 10.4. The van der Waals surface area contributed by atoms with Crippen LogP contribution in [0.1, 0.15) is 52.2 Å². The Morgan fingerprint density at radius 3 is 1.87 bits per heavy atom. The molecule has 2 aromatic carbocycles. The lowest BCUT2D eigenvalue weighted by Gasteiger charge is -2.38. The highest BCUT2D eigenvalue weighted by Crippen LogP contribution is 2.48. The van der Waals surface area contributed by atoms with Gasteiger partial charge >= 0.3 is 0 Å². The molecule has 0 spiro atoms. The summed E-state index contributed by atoms with van der Waals surface area (Å²) in [7, 11) is 4.13. The zero-order valence-electron chi connectivity index (χ0n) is 25.1. The van der Waals surface area contributed by atoms with Crippen LogP contribution in [0, 0.1) is 0 Å². The molecule has 0 aliphatic heterocycles. The molecule has 1 aliphatic carbocycles. The fourth-order valence-electron chi connectivity index (χ4n) is 4.46. The Hall–Kier alpha value is -3.17. The Morgan fingerprint density at radius 1 is 0.846 bits per heavy atom. The van der Waals surface area contributed by atoms with Crippen molar-refractivity contribution in [2.24, 2.45) is 5.16 Å². The van der Waals surface area contributed by atoms with E-state index >= 15 is 0 Å². The molecular weight excluding hydrogens is 514 g/mol. The topological polar surface area (TPSA) is 88.0 Å². The smallest absolute Gasteiger partial charge is 0.203 e. The van der Waals surface area contributed by atoms with Crippen molar-refractivity contribution in [1.29, 1.82) is 0 Å². The minimum Gasteiger partial charge on any atom is -0.493 e. The van der Waals surface area contributed by atoms with Crippen LogP contribution >= 0.6 is 0 Å². The minimum absolute atomic E-state index is 0.0264. The quantitative estimate of drug-likeness (QED) is 0.190. The van der Waals surface area contributed by atoms with E-state index in [9.17, 15) is 5.21 Å².